The average molecular weight is 253 g/mol. The molecule has 0 unspecified atom stereocenters. The summed E-state index contributed by atoms with van der Waals surface area (Å²) in [5, 5.41) is 7.78. The van der Waals surface area contributed by atoms with Crippen LogP contribution < -0.4 is 5.32 Å². The van der Waals surface area contributed by atoms with Gasteiger partial charge in [-0.1, -0.05) is 12.1 Å². The van der Waals surface area contributed by atoms with Crippen LogP contribution in [0.3, 0.4) is 0 Å². The minimum atomic E-state index is 0.647. The van der Waals surface area contributed by atoms with Gasteiger partial charge in [-0.2, -0.15) is 9.36 Å². The lowest BCUT2D eigenvalue weighted by Crippen LogP contribution is -2.04. The number of hydrogen-bond donors (Lipinski definition) is 1. The summed E-state index contributed by atoms with van der Waals surface area (Å²) in [6.45, 7) is 4.65. The number of hydrogen-bond acceptors (Lipinski definition) is 7. The highest BCUT2D eigenvalue weighted by molar-refractivity contribution is 7.09. The molecule has 17 heavy (non-hydrogen) atoms. The standard InChI is InChI=1S/C10H15N5OS/c1-3-4-8-13-10(17-15-8)11-6-5-9-12-7(2)14-16-9/h3-6H2,1-2H3,(H,11,13,15). The van der Waals surface area contributed by atoms with Gasteiger partial charge < -0.3 is 9.84 Å². The summed E-state index contributed by atoms with van der Waals surface area (Å²) in [7, 11) is 0. The number of nitrogens with zero attached hydrogens (tertiary/aromatic N) is 4. The topological polar surface area (TPSA) is 76.7 Å². The van der Waals surface area contributed by atoms with Gasteiger partial charge in [0.05, 0.1) is 0 Å². The lowest BCUT2D eigenvalue weighted by atomic mass is 10.3. The van der Waals surface area contributed by atoms with Crippen LogP contribution in [-0.2, 0) is 12.8 Å². The summed E-state index contributed by atoms with van der Waals surface area (Å²) in [6, 6.07) is 0. The van der Waals surface area contributed by atoms with Gasteiger partial charge >= 0.3 is 0 Å². The van der Waals surface area contributed by atoms with Crippen molar-refractivity contribution in [3.63, 3.8) is 0 Å². The van der Waals surface area contributed by atoms with Crippen molar-refractivity contribution in [3.8, 4) is 0 Å². The molecule has 6 nitrogen and oxygen atoms in total. The highest BCUT2D eigenvalue weighted by Crippen LogP contribution is 2.12. The first-order valence-corrected chi connectivity index (χ1v) is 6.41. The molecule has 0 aromatic carbocycles. The number of nitrogens with one attached hydrogen (secondary N) is 1. The van der Waals surface area contributed by atoms with Crippen molar-refractivity contribution < 1.29 is 4.52 Å². The van der Waals surface area contributed by atoms with Gasteiger partial charge in [0.1, 0.15) is 5.82 Å². The van der Waals surface area contributed by atoms with Crippen LogP contribution in [0.4, 0.5) is 5.13 Å². The van der Waals surface area contributed by atoms with Crippen molar-refractivity contribution in [2.45, 2.75) is 33.1 Å². The maximum Gasteiger partial charge on any atom is 0.228 e. The molecule has 0 aliphatic carbocycles. The number of aromatic nitrogens is 4. The molecule has 0 radical (unpaired) electrons. The molecule has 92 valence electrons. The quantitative estimate of drug-likeness (QED) is 0.846. The molecule has 0 bridgehead atoms. The third kappa shape index (κ3) is 3.48. The van der Waals surface area contributed by atoms with E-state index >= 15 is 0 Å². The Morgan fingerprint density at radius 2 is 2.18 bits per heavy atom. The summed E-state index contributed by atoms with van der Waals surface area (Å²) >= 11 is 1.39. The van der Waals surface area contributed by atoms with E-state index < -0.39 is 0 Å². The van der Waals surface area contributed by atoms with Gasteiger partial charge in [0, 0.05) is 30.9 Å². The molecule has 0 saturated carbocycles. The van der Waals surface area contributed by atoms with Crippen LogP contribution >= 0.6 is 11.5 Å². The average Bonchev–Trinajstić information content (AvgIpc) is 2.89. The Balaban J connectivity index is 1.77. The molecule has 7 heteroatoms. The van der Waals surface area contributed by atoms with E-state index in [2.05, 4.69) is 31.7 Å². The summed E-state index contributed by atoms with van der Waals surface area (Å²) in [6.07, 6.45) is 2.70. The molecule has 0 atom stereocenters. The Morgan fingerprint density at radius 1 is 1.29 bits per heavy atom. The fraction of sp³-hybridized carbons (Fsp3) is 0.600. The van der Waals surface area contributed by atoms with Crippen molar-refractivity contribution in [1.29, 1.82) is 0 Å². The first-order chi connectivity index (χ1) is 8.28. The summed E-state index contributed by atoms with van der Waals surface area (Å²) in [5.41, 5.74) is 0. The van der Waals surface area contributed by atoms with E-state index in [1.54, 1.807) is 0 Å². The smallest absolute Gasteiger partial charge is 0.228 e. The molecule has 2 aromatic heterocycles. The molecule has 2 aromatic rings. The van der Waals surface area contributed by atoms with Gasteiger partial charge in [-0.05, 0) is 13.3 Å². The van der Waals surface area contributed by atoms with Gasteiger partial charge in [0.2, 0.25) is 11.0 Å². The van der Waals surface area contributed by atoms with Crippen LogP contribution in [-0.4, -0.2) is 26.0 Å². The molecular weight excluding hydrogens is 238 g/mol. The van der Waals surface area contributed by atoms with Gasteiger partial charge in [0.15, 0.2) is 5.82 Å². The maximum atomic E-state index is 5.01. The molecule has 2 heterocycles. The van der Waals surface area contributed by atoms with Gasteiger partial charge in [-0.3, -0.25) is 0 Å². The van der Waals surface area contributed by atoms with Crippen LogP contribution in [0.25, 0.3) is 0 Å². The Bertz CT molecular complexity index is 467. The first-order valence-electron chi connectivity index (χ1n) is 5.63. The SMILES string of the molecule is CCCc1nsc(NCCc2nc(C)no2)n1. The van der Waals surface area contributed by atoms with E-state index in [9.17, 15) is 0 Å². The van der Waals surface area contributed by atoms with E-state index in [1.807, 2.05) is 6.92 Å². The van der Waals surface area contributed by atoms with Crippen molar-refractivity contribution in [2.75, 3.05) is 11.9 Å². The first kappa shape index (κ1) is 12.0. The third-order valence-corrected chi connectivity index (χ3v) is 2.84. The van der Waals surface area contributed by atoms with Crippen molar-refractivity contribution in [1.82, 2.24) is 19.5 Å². The predicted molar refractivity (Wildman–Crippen MR) is 65.1 cm³/mol. The van der Waals surface area contributed by atoms with Crippen LogP contribution in [0, 0.1) is 6.92 Å². The van der Waals surface area contributed by atoms with E-state index in [-0.39, 0.29) is 0 Å². The normalized spacial score (nSPS) is 10.7. The third-order valence-electron chi connectivity index (χ3n) is 2.13. The number of anilines is 1. The summed E-state index contributed by atoms with van der Waals surface area (Å²) in [5.74, 6) is 2.23. The number of rotatable bonds is 6. The lowest BCUT2D eigenvalue weighted by molar-refractivity contribution is 0.377. The minimum absolute atomic E-state index is 0.647. The van der Waals surface area contributed by atoms with Crippen LogP contribution in [0.15, 0.2) is 4.52 Å². The lowest BCUT2D eigenvalue weighted by Gasteiger charge is -1.97. The van der Waals surface area contributed by atoms with Gasteiger partial charge in [-0.25, -0.2) is 4.98 Å². The molecule has 1 N–H and O–H groups in total. The fourth-order valence-corrected chi connectivity index (χ4v) is 2.01. The van der Waals surface area contributed by atoms with E-state index in [0.717, 1.165) is 30.3 Å². The Kier molecular flexibility index (Phi) is 4.03. The van der Waals surface area contributed by atoms with Crippen molar-refractivity contribution in [3.05, 3.63) is 17.5 Å². The van der Waals surface area contributed by atoms with Crippen LogP contribution in [0.1, 0.15) is 30.9 Å². The maximum absolute atomic E-state index is 5.01. The highest BCUT2D eigenvalue weighted by atomic mass is 32.1. The fourth-order valence-electron chi connectivity index (χ4n) is 1.37. The second kappa shape index (κ2) is 5.72. The van der Waals surface area contributed by atoms with Crippen LogP contribution in [0.2, 0.25) is 0 Å². The van der Waals surface area contributed by atoms with Crippen molar-refractivity contribution >= 4 is 16.7 Å². The summed E-state index contributed by atoms with van der Waals surface area (Å²) < 4.78 is 9.26. The minimum Gasteiger partial charge on any atom is -0.360 e. The largest absolute Gasteiger partial charge is 0.360 e. The zero-order chi connectivity index (χ0) is 12.1. The van der Waals surface area contributed by atoms with E-state index in [0.29, 0.717) is 18.1 Å². The number of aryl methyl sites for hydroxylation is 2. The Labute approximate surface area is 104 Å². The molecule has 0 spiro atoms. The second-order valence-corrected chi connectivity index (χ2v) is 4.43. The van der Waals surface area contributed by atoms with Crippen LogP contribution in [0.5, 0.6) is 0 Å². The highest BCUT2D eigenvalue weighted by Gasteiger charge is 2.04. The zero-order valence-corrected chi connectivity index (χ0v) is 10.8. The monoisotopic (exact) mass is 253 g/mol. The molecule has 0 fully saturated rings. The summed E-state index contributed by atoms with van der Waals surface area (Å²) in [4.78, 5) is 8.49. The second-order valence-electron chi connectivity index (χ2n) is 3.68. The van der Waals surface area contributed by atoms with E-state index in [4.69, 9.17) is 4.52 Å². The predicted octanol–water partition coefficient (Wildman–Crippen LogP) is 1.84. The Morgan fingerprint density at radius 3 is 2.88 bits per heavy atom. The molecular formula is C10H15N5OS. The zero-order valence-electron chi connectivity index (χ0n) is 9.93. The molecule has 2 rings (SSSR count). The van der Waals surface area contributed by atoms with Gasteiger partial charge in [0.25, 0.3) is 0 Å². The molecule has 0 aliphatic heterocycles. The molecule has 0 aliphatic rings. The van der Waals surface area contributed by atoms with Gasteiger partial charge in [-0.15, -0.1) is 0 Å². The molecule has 0 saturated heterocycles. The van der Waals surface area contributed by atoms with E-state index in [1.165, 1.54) is 11.5 Å². The molecule has 0 amide bonds. The van der Waals surface area contributed by atoms with Crippen molar-refractivity contribution in [2.24, 2.45) is 0 Å². The Hall–Kier alpha value is -1.50.